The number of benzene rings is 1. The lowest BCUT2D eigenvalue weighted by atomic mass is 10.1. The molecule has 1 unspecified atom stereocenters. The van der Waals surface area contributed by atoms with Crippen molar-refractivity contribution in [2.75, 3.05) is 26.9 Å². The van der Waals surface area contributed by atoms with Crippen LogP contribution in [0.15, 0.2) is 24.3 Å². The van der Waals surface area contributed by atoms with Gasteiger partial charge in [0.15, 0.2) is 0 Å². The summed E-state index contributed by atoms with van der Waals surface area (Å²) in [6.45, 7) is 6.88. The molecule has 0 amide bonds. The summed E-state index contributed by atoms with van der Waals surface area (Å²) in [5.41, 5.74) is 1.37. The molecule has 1 atom stereocenters. The van der Waals surface area contributed by atoms with Crippen molar-refractivity contribution in [2.45, 2.75) is 39.2 Å². The van der Waals surface area contributed by atoms with E-state index in [0.29, 0.717) is 12.6 Å². The third-order valence-electron chi connectivity index (χ3n) is 3.10. The van der Waals surface area contributed by atoms with Gasteiger partial charge in [-0.2, -0.15) is 0 Å². The summed E-state index contributed by atoms with van der Waals surface area (Å²) in [7, 11) is 1.71. The van der Waals surface area contributed by atoms with E-state index in [9.17, 15) is 0 Å². The minimum Gasteiger partial charge on any atom is -0.494 e. The molecule has 1 rings (SSSR count). The maximum atomic E-state index is 5.63. The van der Waals surface area contributed by atoms with Crippen molar-refractivity contribution in [1.82, 2.24) is 5.32 Å². The highest BCUT2D eigenvalue weighted by atomic mass is 16.5. The van der Waals surface area contributed by atoms with Crippen LogP contribution in [0.4, 0.5) is 0 Å². The second-order valence-electron chi connectivity index (χ2n) is 4.84. The van der Waals surface area contributed by atoms with Crippen LogP contribution < -0.4 is 10.1 Å². The highest BCUT2D eigenvalue weighted by Crippen LogP contribution is 2.14. The Hall–Kier alpha value is -1.06. The predicted octanol–water partition coefficient (Wildman–Crippen LogP) is 3.03. The normalized spacial score (nSPS) is 12.4. The van der Waals surface area contributed by atoms with Crippen LogP contribution in [0.25, 0.3) is 0 Å². The molecule has 0 spiro atoms. The second kappa shape index (κ2) is 9.82. The maximum Gasteiger partial charge on any atom is 0.119 e. The molecular formula is C16H27NO2. The average Bonchev–Trinajstić information content (AvgIpc) is 2.43. The maximum absolute atomic E-state index is 5.63. The zero-order valence-corrected chi connectivity index (χ0v) is 12.4. The smallest absolute Gasteiger partial charge is 0.119 e. The first kappa shape index (κ1) is 16.0. The molecule has 0 heterocycles. The molecular weight excluding hydrogens is 238 g/mol. The Balaban J connectivity index is 2.27. The van der Waals surface area contributed by atoms with Gasteiger partial charge in [-0.25, -0.2) is 0 Å². The van der Waals surface area contributed by atoms with Crippen molar-refractivity contribution in [2.24, 2.45) is 0 Å². The minimum absolute atomic E-state index is 0.579. The summed E-state index contributed by atoms with van der Waals surface area (Å²) >= 11 is 0. The molecule has 0 saturated carbocycles. The van der Waals surface area contributed by atoms with E-state index in [0.717, 1.165) is 31.7 Å². The van der Waals surface area contributed by atoms with Gasteiger partial charge in [-0.15, -0.1) is 0 Å². The third-order valence-corrected chi connectivity index (χ3v) is 3.10. The lowest BCUT2D eigenvalue weighted by Gasteiger charge is -2.12. The Labute approximate surface area is 117 Å². The van der Waals surface area contributed by atoms with E-state index in [1.165, 1.54) is 12.0 Å². The van der Waals surface area contributed by atoms with Gasteiger partial charge in [0.25, 0.3) is 0 Å². The molecule has 0 aliphatic heterocycles. The van der Waals surface area contributed by atoms with Crippen LogP contribution in [-0.4, -0.2) is 32.9 Å². The molecule has 3 nitrogen and oxygen atoms in total. The van der Waals surface area contributed by atoms with Crippen molar-refractivity contribution in [3.8, 4) is 5.75 Å². The van der Waals surface area contributed by atoms with Crippen molar-refractivity contribution >= 4 is 0 Å². The highest BCUT2D eigenvalue weighted by molar-refractivity contribution is 5.27. The molecule has 0 aliphatic rings. The van der Waals surface area contributed by atoms with Gasteiger partial charge in [0.05, 0.1) is 6.61 Å². The molecule has 1 aromatic carbocycles. The standard InChI is InChI=1S/C16H27NO2/c1-4-17-14(2)6-7-15-8-10-16(11-9-15)19-13-5-12-18-3/h8-11,14,17H,4-7,12-13H2,1-3H3. The number of methoxy groups -OCH3 is 1. The zero-order valence-electron chi connectivity index (χ0n) is 12.4. The summed E-state index contributed by atoms with van der Waals surface area (Å²) in [6, 6.07) is 9.00. The number of aryl methyl sites for hydroxylation is 1. The highest BCUT2D eigenvalue weighted by Gasteiger charge is 2.01. The van der Waals surface area contributed by atoms with E-state index in [4.69, 9.17) is 9.47 Å². The SMILES string of the molecule is CCNC(C)CCc1ccc(OCCCOC)cc1. The first-order valence-electron chi connectivity index (χ1n) is 7.20. The number of rotatable bonds is 10. The minimum atomic E-state index is 0.579. The van der Waals surface area contributed by atoms with Gasteiger partial charge in [0.2, 0.25) is 0 Å². The van der Waals surface area contributed by atoms with Gasteiger partial charge < -0.3 is 14.8 Å². The van der Waals surface area contributed by atoms with Crippen LogP contribution in [0.2, 0.25) is 0 Å². The van der Waals surface area contributed by atoms with Crippen LogP contribution in [0, 0.1) is 0 Å². The molecule has 108 valence electrons. The molecule has 0 radical (unpaired) electrons. The quantitative estimate of drug-likeness (QED) is 0.660. The number of nitrogens with one attached hydrogen (secondary N) is 1. The predicted molar refractivity (Wildman–Crippen MR) is 79.9 cm³/mol. The van der Waals surface area contributed by atoms with Crippen LogP contribution in [0.1, 0.15) is 32.3 Å². The average molecular weight is 265 g/mol. The Morgan fingerprint density at radius 1 is 1.16 bits per heavy atom. The van der Waals surface area contributed by atoms with Crippen LogP contribution in [0.5, 0.6) is 5.75 Å². The molecule has 0 bridgehead atoms. The number of hydrogen-bond donors (Lipinski definition) is 1. The Morgan fingerprint density at radius 2 is 1.89 bits per heavy atom. The van der Waals surface area contributed by atoms with E-state index in [1.54, 1.807) is 7.11 Å². The van der Waals surface area contributed by atoms with Gasteiger partial charge >= 0.3 is 0 Å². The number of ether oxygens (including phenoxy) is 2. The second-order valence-corrected chi connectivity index (χ2v) is 4.84. The molecule has 1 N–H and O–H groups in total. The van der Waals surface area contributed by atoms with Crippen molar-refractivity contribution in [3.05, 3.63) is 29.8 Å². The molecule has 19 heavy (non-hydrogen) atoms. The van der Waals surface area contributed by atoms with E-state index in [2.05, 4.69) is 43.4 Å². The Morgan fingerprint density at radius 3 is 2.53 bits per heavy atom. The zero-order chi connectivity index (χ0) is 13.9. The lowest BCUT2D eigenvalue weighted by molar-refractivity contribution is 0.172. The van der Waals surface area contributed by atoms with Crippen molar-refractivity contribution in [1.29, 1.82) is 0 Å². The summed E-state index contributed by atoms with van der Waals surface area (Å²) in [4.78, 5) is 0. The first-order chi connectivity index (χ1) is 9.26. The fourth-order valence-corrected chi connectivity index (χ4v) is 1.98. The Bertz CT molecular complexity index is 324. The van der Waals surface area contributed by atoms with Gasteiger partial charge in [0.1, 0.15) is 5.75 Å². The van der Waals surface area contributed by atoms with Gasteiger partial charge in [-0.05, 0) is 44.0 Å². The fourth-order valence-electron chi connectivity index (χ4n) is 1.98. The van der Waals surface area contributed by atoms with Crippen molar-refractivity contribution in [3.63, 3.8) is 0 Å². The van der Waals surface area contributed by atoms with Crippen molar-refractivity contribution < 1.29 is 9.47 Å². The molecule has 3 heteroatoms. The summed E-state index contributed by atoms with van der Waals surface area (Å²) in [6.07, 6.45) is 3.21. The van der Waals surface area contributed by atoms with E-state index in [-0.39, 0.29) is 0 Å². The largest absolute Gasteiger partial charge is 0.494 e. The van der Waals surface area contributed by atoms with Crippen LogP contribution >= 0.6 is 0 Å². The summed E-state index contributed by atoms with van der Waals surface area (Å²) in [5, 5.41) is 3.43. The molecule has 0 fully saturated rings. The third kappa shape index (κ3) is 7.19. The molecule has 1 aromatic rings. The summed E-state index contributed by atoms with van der Waals surface area (Å²) < 4.78 is 10.6. The van der Waals surface area contributed by atoms with Crippen LogP contribution in [0.3, 0.4) is 0 Å². The van der Waals surface area contributed by atoms with E-state index in [1.807, 2.05) is 0 Å². The summed E-state index contributed by atoms with van der Waals surface area (Å²) in [5.74, 6) is 0.944. The van der Waals surface area contributed by atoms with E-state index < -0.39 is 0 Å². The van der Waals surface area contributed by atoms with Gasteiger partial charge in [-0.1, -0.05) is 19.1 Å². The van der Waals surface area contributed by atoms with Gasteiger partial charge in [-0.3, -0.25) is 0 Å². The first-order valence-corrected chi connectivity index (χ1v) is 7.20. The fraction of sp³-hybridized carbons (Fsp3) is 0.625. The van der Waals surface area contributed by atoms with Crippen LogP contribution in [-0.2, 0) is 11.2 Å². The molecule has 0 saturated heterocycles. The van der Waals surface area contributed by atoms with Gasteiger partial charge in [0, 0.05) is 26.2 Å². The lowest BCUT2D eigenvalue weighted by Crippen LogP contribution is -2.25. The molecule has 0 aromatic heterocycles. The van der Waals surface area contributed by atoms with E-state index >= 15 is 0 Å². The Kier molecular flexibility index (Phi) is 8.26. The monoisotopic (exact) mass is 265 g/mol. The molecule has 0 aliphatic carbocycles. The topological polar surface area (TPSA) is 30.5 Å². The number of hydrogen-bond acceptors (Lipinski definition) is 3.